The predicted molar refractivity (Wildman–Crippen MR) is 61.5 cm³/mol. The summed E-state index contributed by atoms with van der Waals surface area (Å²) in [5.74, 6) is 2.90. The average molecular weight is 209 g/mol. The predicted octanol–water partition coefficient (Wildman–Crippen LogP) is 2.73. The summed E-state index contributed by atoms with van der Waals surface area (Å²) < 4.78 is 0. The molecule has 2 nitrogen and oxygen atoms in total. The second-order valence-electron chi connectivity index (χ2n) is 5.44. The minimum Gasteiger partial charge on any atom is -0.353 e. The summed E-state index contributed by atoms with van der Waals surface area (Å²) in [5, 5.41) is 3.17. The van der Waals surface area contributed by atoms with Crippen LogP contribution in [0.1, 0.15) is 52.4 Å². The van der Waals surface area contributed by atoms with Crippen LogP contribution in [-0.4, -0.2) is 11.9 Å². The maximum absolute atomic E-state index is 11.5. The standard InChI is InChI=1S/C13H23NO/c1-3-4-13(15)14-9(2)12-8-10-5-6-11(12)7-10/h9-12H,3-8H2,1-2H3,(H,14,15)/t9-,10-,11-,12+/m0/s1. The van der Waals surface area contributed by atoms with Crippen LogP contribution in [0, 0.1) is 17.8 Å². The van der Waals surface area contributed by atoms with Crippen LogP contribution in [0.15, 0.2) is 0 Å². The lowest BCUT2D eigenvalue weighted by atomic mass is 9.84. The zero-order valence-electron chi connectivity index (χ0n) is 9.96. The van der Waals surface area contributed by atoms with Crippen LogP contribution in [0.5, 0.6) is 0 Å². The van der Waals surface area contributed by atoms with Crippen molar-refractivity contribution in [1.82, 2.24) is 5.32 Å². The molecule has 2 aliphatic rings. The number of carbonyl (C=O) groups is 1. The molecule has 4 atom stereocenters. The van der Waals surface area contributed by atoms with E-state index in [0.29, 0.717) is 12.5 Å². The number of fused-ring (bicyclic) bond motifs is 2. The van der Waals surface area contributed by atoms with Crippen molar-refractivity contribution in [3.8, 4) is 0 Å². The maximum Gasteiger partial charge on any atom is 0.220 e. The quantitative estimate of drug-likeness (QED) is 0.758. The Balaban J connectivity index is 1.81. The SMILES string of the molecule is CCCC(=O)N[C@@H](C)[C@H]1C[C@H]2CC[C@H]1C2. The highest BCUT2D eigenvalue weighted by Gasteiger charge is 2.41. The van der Waals surface area contributed by atoms with Gasteiger partial charge in [0.2, 0.25) is 5.91 Å². The molecule has 0 aromatic rings. The first-order valence-corrected chi connectivity index (χ1v) is 6.50. The highest BCUT2D eigenvalue weighted by molar-refractivity contribution is 5.76. The molecule has 2 fully saturated rings. The molecular formula is C13H23NO. The summed E-state index contributed by atoms with van der Waals surface area (Å²) in [6.07, 6.45) is 7.28. The van der Waals surface area contributed by atoms with Gasteiger partial charge in [-0.15, -0.1) is 0 Å². The maximum atomic E-state index is 11.5. The molecule has 2 heteroatoms. The van der Waals surface area contributed by atoms with Crippen molar-refractivity contribution in [2.24, 2.45) is 17.8 Å². The van der Waals surface area contributed by atoms with Crippen molar-refractivity contribution >= 4 is 5.91 Å². The van der Waals surface area contributed by atoms with E-state index in [0.717, 1.165) is 24.2 Å². The zero-order valence-corrected chi connectivity index (χ0v) is 9.96. The normalized spacial score (nSPS) is 35.5. The first-order chi connectivity index (χ1) is 7.20. The number of nitrogens with one attached hydrogen (secondary N) is 1. The summed E-state index contributed by atoms with van der Waals surface area (Å²) >= 11 is 0. The minimum atomic E-state index is 0.243. The molecule has 0 saturated heterocycles. The summed E-state index contributed by atoms with van der Waals surface area (Å²) in [7, 11) is 0. The first-order valence-electron chi connectivity index (χ1n) is 6.50. The molecule has 0 spiro atoms. The molecule has 0 aromatic heterocycles. The van der Waals surface area contributed by atoms with Crippen LogP contribution >= 0.6 is 0 Å². The molecule has 86 valence electrons. The molecular weight excluding hydrogens is 186 g/mol. The molecule has 0 aromatic carbocycles. The van der Waals surface area contributed by atoms with Gasteiger partial charge in [-0.05, 0) is 50.4 Å². The average Bonchev–Trinajstić information content (AvgIpc) is 2.78. The van der Waals surface area contributed by atoms with E-state index in [1.807, 2.05) is 0 Å². The number of hydrogen-bond donors (Lipinski definition) is 1. The van der Waals surface area contributed by atoms with Crippen LogP contribution in [0.25, 0.3) is 0 Å². The van der Waals surface area contributed by atoms with Crippen molar-refractivity contribution in [2.75, 3.05) is 0 Å². The van der Waals surface area contributed by atoms with E-state index in [9.17, 15) is 4.79 Å². The molecule has 0 aliphatic heterocycles. The van der Waals surface area contributed by atoms with Gasteiger partial charge in [0.1, 0.15) is 0 Å². The summed E-state index contributed by atoms with van der Waals surface area (Å²) in [6, 6.07) is 0.402. The third kappa shape index (κ3) is 2.35. The lowest BCUT2D eigenvalue weighted by molar-refractivity contribution is -0.122. The van der Waals surface area contributed by atoms with Gasteiger partial charge in [0, 0.05) is 12.5 Å². The van der Waals surface area contributed by atoms with Gasteiger partial charge in [0.05, 0.1) is 0 Å². The van der Waals surface area contributed by atoms with E-state index in [1.54, 1.807) is 0 Å². The second kappa shape index (κ2) is 4.54. The second-order valence-corrected chi connectivity index (χ2v) is 5.44. The lowest BCUT2D eigenvalue weighted by Gasteiger charge is -2.28. The third-order valence-corrected chi connectivity index (χ3v) is 4.30. The zero-order chi connectivity index (χ0) is 10.8. The van der Waals surface area contributed by atoms with Crippen molar-refractivity contribution in [1.29, 1.82) is 0 Å². The van der Waals surface area contributed by atoms with Crippen LogP contribution in [0.3, 0.4) is 0 Å². The van der Waals surface area contributed by atoms with E-state index < -0.39 is 0 Å². The van der Waals surface area contributed by atoms with Crippen molar-refractivity contribution in [3.05, 3.63) is 0 Å². The van der Waals surface area contributed by atoms with Crippen molar-refractivity contribution in [2.45, 2.75) is 58.4 Å². The number of hydrogen-bond acceptors (Lipinski definition) is 1. The Hall–Kier alpha value is -0.530. The topological polar surface area (TPSA) is 29.1 Å². The molecule has 2 bridgehead atoms. The van der Waals surface area contributed by atoms with E-state index in [1.165, 1.54) is 25.7 Å². The van der Waals surface area contributed by atoms with Crippen LogP contribution in [0.2, 0.25) is 0 Å². The van der Waals surface area contributed by atoms with Gasteiger partial charge in [0.25, 0.3) is 0 Å². The molecule has 1 amide bonds. The third-order valence-electron chi connectivity index (χ3n) is 4.30. The Morgan fingerprint density at radius 1 is 1.40 bits per heavy atom. The van der Waals surface area contributed by atoms with Gasteiger partial charge >= 0.3 is 0 Å². The molecule has 15 heavy (non-hydrogen) atoms. The fraction of sp³-hybridized carbons (Fsp3) is 0.923. The summed E-state index contributed by atoms with van der Waals surface area (Å²) in [4.78, 5) is 11.5. The fourth-order valence-electron chi connectivity index (χ4n) is 3.57. The fourth-order valence-corrected chi connectivity index (χ4v) is 3.57. The Morgan fingerprint density at radius 3 is 2.73 bits per heavy atom. The largest absolute Gasteiger partial charge is 0.353 e. The Labute approximate surface area is 92.8 Å². The number of carbonyl (C=O) groups excluding carboxylic acids is 1. The van der Waals surface area contributed by atoms with Gasteiger partial charge in [-0.1, -0.05) is 13.3 Å². The molecule has 0 heterocycles. The number of rotatable bonds is 4. The highest BCUT2D eigenvalue weighted by Crippen LogP contribution is 2.49. The number of amides is 1. The molecule has 2 rings (SSSR count). The molecule has 0 radical (unpaired) electrons. The van der Waals surface area contributed by atoms with Crippen LogP contribution in [0.4, 0.5) is 0 Å². The van der Waals surface area contributed by atoms with Gasteiger partial charge in [-0.3, -0.25) is 4.79 Å². The van der Waals surface area contributed by atoms with Gasteiger partial charge < -0.3 is 5.32 Å². The monoisotopic (exact) mass is 209 g/mol. The molecule has 1 N–H and O–H groups in total. The Morgan fingerprint density at radius 2 is 2.20 bits per heavy atom. The lowest BCUT2D eigenvalue weighted by Crippen LogP contribution is -2.39. The van der Waals surface area contributed by atoms with E-state index in [4.69, 9.17) is 0 Å². The van der Waals surface area contributed by atoms with Crippen LogP contribution in [-0.2, 0) is 4.79 Å². The van der Waals surface area contributed by atoms with Gasteiger partial charge in [-0.25, -0.2) is 0 Å². The van der Waals surface area contributed by atoms with Gasteiger partial charge in [-0.2, -0.15) is 0 Å². The Kier molecular flexibility index (Phi) is 3.32. The highest BCUT2D eigenvalue weighted by atomic mass is 16.1. The van der Waals surface area contributed by atoms with Crippen molar-refractivity contribution in [3.63, 3.8) is 0 Å². The van der Waals surface area contributed by atoms with Gasteiger partial charge in [0.15, 0.2) is 0 Å². The van der Waals surface area contributed by atoms with E-state index in [2.05, 4.69) is 19.2 Å². The minimum absolute atomic E-state index is 0.243. The summed E-state index contributed by atoms with van der Waals surface area (Å²) in [6.45, 7) is 4.25. The molecule has 2 saturated carbocycles. The van der Waals surface area contributed by atoms with E-state index in [-0.39, 0.29) is 5.91 Å². The molecule has 0 unspecified atom stereocenters. The van der Waals surface area contributed by atoms with E-state index >= 15 is 0 Å². The first kappa shape index (κ1) is 11.0. The summed E-state index contributed by atoms with van der Waals surface area (Å²) in [5.41, 5.74) is 0. The Bertz CT molecular complexity index is 239. The smallest absolute Gasteiger partial charge is 0.220 e. The molecule has 2 aliphatic carbocycles. The van der Waals surface area contributed by atoms with Crippen molar-refractivity contribution < 1.29 is 4.79 Å². The van der Waals surface area contributed by atoms with Crippen LogP contribution < -0.4 is 5.32 Å².